The highest BCUT2D eigenvalue weighted by Gasteiger charge is 2.42. The Bertz CT molecular complexity index is 1070. The zero-order chi connectivity index (χ0) is 28.4. The Hall–Kier alpha value is -3.13. The number of ether oxygens (including phenoxy) is 5. The van der Waals surface area contributed by atoms with E-state index in [9.17, 15) is 4.79 Å². The molecular formula is C31H46N2O6. The number of unbranched alkanes of at least 4 members (excludes halogenated alkanes) is 1. The van der Waals surface area contributed by atoms with Crippen LogP contribution in [-0.4, -0.2) is 84.0 Å². The van der Waals surface area contributed by atoms with Gasteiger partial charge in [0.15, 0.2) is 23.0 Å². The van der Waals surface area contributed by atoms with Gasteiger partial charge in [0.25, 0.3) is 5.91 Å². The second kappa shape index (κ2) is 14.3. The summed E-state index contributed by atoms with van der Waals surface area (Å²) < 4.78 is 27.6. The number of rotatable bonds is 15. The maximum absolute atomic E-state index is 13.8. The molecule has 1 atom stereocenters. The van der Waals surface area contributed by atoms with Crippen LogP contribution in [0, 0.1) is 0 Å². The number of nitrogens with zero attached hydrogens (tertiary/aromatic N) is 2. The minimum atomic E-state index is -0.200. The van der Waals surface area contributed by atoms with E-state index in [1.807, 2.05) is 11.0 Å². The Balaban J connectivity index is 1.95. The molecular weight excluding hydrogens is 496 g/mol. The summed E-state index contributed by atoms with van der Waals surface area (Å²) in [5.41, 5.74) is 1.49. The van der Waals surface area contributed by atoms with Gasteiger partial charge in [-0.25, -0.2) is 0 Å². The smallest absolute Gasteiger partial charge is 0.254 e. The standard InChI is InChI=1S/C31H46N2O6/c1-8-10-16-32(15-9-2)17-13-31(24-11-12-25(35-3)26(21-24)36-4)14-18-33(22-31)30(34)23-19-27(37-5)29(39-7)28(20-23)38-6/h11-12,19-21H,8-10,13-18,22H2,1-7H3. The summed E-state index contributed by atoms with van der Waals surface area (Å²) in [6.07, 6.45) is 5.31. The summed E-state index contributed by atoms with van der Waals surface area (Å²) in [4.78, 5) is 18.3. The van der Waals surface area contributed by atoms with E-state index in [4.69, 9.17) is 23.7 Å². The van der Waals surface area contributed by atoms with Crippen molar-refractivity contribution in [2.45, 2.75) is 51.4 Å². The first-order chi connectivity index (χ1) is 18.9. The summed E-state index contributed by atoms with van der Waals surface area (Å²) >= 11 is 0. The molecule has 8 nitrogen and oxygen atoms in total. The van der Waals surface area contributed by atoms with Gasteiger partial charge in [-0.2, -0.15) is 0 Å². The topological polar surface area (TPSA) is 69.7 Å². The third-order valence-electron chi connectivity index (χ3n) is 7.82. The van der Waals surface area contributed by atoms with Crippen molar-refractivity contribution in [1.29, 1.82) is 0 Å². The number of methoxy groups -OCH3 is 5. The van der Waals surface area contributed by atoms with Gasteiger partial charge in [0.05, 0.1) is 35.5 Å². The molecule has 0 bridgehead atoms. The first-order valence-electron chi connectivity index (χ1n) is 13.9. The van der Waals surface area contributed by atoms with E-state index in [1.54, 1.807) is 47.7 Å². The number of benzene rings is 2. The van der Waals surface area contributed by atoms with Crippen LogP contribution < -0.4 is 23.7 Å². The van der Waals surface area contributed by atoms with Gasteiger partial charge in [-0.05, 0) is 75.1 Å². The molecule has 0 saturated carbocycles. The van der Waals surface area contributed by atoms with E-state index in [-0.39, 0.29) is 11.3 Å². The van der Waals surface area contributed by atoms with Crippen LogP contribution in [0.1, 0.15) is 61.9 Å². The number of hydrogen-bond donors (Lipinski definition) is 0. The Labute approximate surface area is 234 Å². The molecule has 0 radical (unpaired) electrons. The van der Waals surface area contributed by atoms with Crippen LogP contribution in [0.15, 0.2) is 30.3 Å². The number of carbonyl (C=O) groups excluding carboxylic acids is 1. The lowest BCUT2D eigenvalue weighted by Gasteiger charge is -2.33. The molecule has 1 saturated heterocycles. The largest absolute Gasteiger partial charge is 0.493 e. The molecule has 0 N–H and O–H groups in total. The maximum atomic E-state index is 13.8. The quantitative estimate of drug-likeness (QED) is 0.298. The Morgan fingerprint density at radius 1 is 0.821 bits per heavy atom. The summed E-state index contributed by atoms with van der Waals surface area (Å²) in [5.74, 6) is 2.78. The van der Waals surface area contributed by atoms with Crippen LogP contribution in [0.25, 0.3) is 0 Å². The van der Waals surface area contributed by atoms with Gasteiger partial charge in [-0.1, -0.05) is 26.3 Å². The average molecular weight is 543 g/mol. The summed E-state index contributed by atoms with van der Waals surface area (Å²) in [6.45, 7) is 8.90. The van der Waals surface area contributed by atoms with Crippen LogP contribution in [-0.2, 0) is 5.41 Å². The monoisotopic (exact) mass is 542 g/mol. The molecule has 3 rings (SSSR count). The second-order valence-electron chi connectivity index (χ2n) is 10.2. The highest BCUT2D eigenvalue weighted by Crippen LogP contribution is 2.43. The zero-order valence-electron chi connectivity index (χ0n) is 24.8. The molecule has 2 aromatic carbocycles. The minimum absolute atomic E-state index is 0.0481. The maximum Gasteiger partial charge on any atom is 0.254 e. The lowest BCUT2D eigenvalue weighted by Crippen LogP contribution is -2.38. The molecule has 1 fully saturated rings. The molecule has 1 unspecified atom stereocenters. The molecule has 8 heteroatoms. The minimum Gasteiger partial charge on any atom is -0.493 e. The SMILES string of the molecule is CCCCN(CCC)CCC1(c2ccc(OC)c(OC)c2)CCN(C(=O)c2cc(OC)c(OC)c(OC)c2)C1. The third kappa shape index (κ3) is 6.90. The van der Waals surface area contributed by atoms with E-state index in [0.29, 0.717) is 47.4 Å². The summed E-state index contributed by atoms with van der Waals surface area (Å²) in [5, 5.41) is 0. The van der Waals surface area contributed by atoms with Crippen molar-refractivity contribution >= 4 is 5.91 Å². The van der Waals surface area contributed by atoms with Gasteiger partial charge in [0.1, 0.15) is 0 Å². The molecule has 0 spiro atoms. The van der Waals surface area contributed by atoms with E-state index in [0.717, 1.165) is 38.9 Å². The molecule has 39 heavy (non-hydrogen) atoms. The molecule has 1 aliphatic rings. The molecule has 1 heterocycles. The molecule has 0 aromatic heterocycles. The molecule has 216 valence electrons. The van der Waals surface area contributed by atoms with Gasteiger partial charge >= 0.3 is 0 Å². The lowest BCUT2D eigenvalue weighted by atomic mass is 9.76. The summed E-state index contributed by atoms with van der Waals surface area (Å²) in [7, 11) is 7.99. The van der Waals surface area contributed by atoms with Crippen molar-refractivity contribution < 1.29 is 28.5 Å². The van der Waals surface area contributed by atoms with Crippen LogP contribution in [0.2, 0.25) is 0 Å². The van der Waals surface area contributed by atoms with Gasteiger partial charge in [0.2, 0.25) is 5.75 Å². The predicted octanol–water partition coefficient (Wildman–Crippen LogP) is 5.42. The normalized spacial score (nSPS) is 16.9. The van der Waals surface area contributed by atoms with E-state index < -0.39 is 0 Å². The van der Waals surface area contributed by atoms with Gasteiger partial charge in [-0.3, -0.25) is 4.79 Å². The Morgan fingerprint density at radius 3 is 2.05 bits per heavy atom. The Kier molecular flexibility index (Phi) is 11.2. The van der Waals surface area contributed by atoms with Crippen LogP contribution in [0.3, 0.4) is 0 Å². The molecule has 1 amide bonds. The van der Waals surface area contributed by atoms with E-state index in [1.165, 1.54) is 18.4 Å². The Morgan fingerprint density at radius 2 is 1.49 bits per heavy atom. The number of carbonyl (C=O) groups is 1. The number of amides is 1. The van der Waals surface area contributed by atoms with E-state index >= 15 is 0 Å². The second-order valence-corrected chi connectivity index (χ2v) is 10.2. The van der Waals surface area contributed by atoms with Crippen molar-refractivity contribution in [3.05, 3.63) is 41.5 Å². The van der Waals surface area contributed by atoms with E-state index in [2.05, 4.69) is 30.9 Å². The first kappa shape index (κ1) is 30.4. The van der Waals surface area contributed by atoms with Gasteiger partial charge in [0, 0.05) is 24.1 Å². The highest BCUT2D eigenvalue weighted by atomic mass is 16.5. The van der Waals surface area contributed by atoms with Crippen molar-refractivity contribution in [1.82, 2.24) is 9.80 Å². The number of likely N-dealkylation sites (tertiary alicyclic amines) is 1. The fourth-order valence-electron chi connectivity index (χ4n) is 5.59. The number of hydrogen-bond acceptors (Lipinski definition) is 7. The van der Waals surface area contributed by atoms with Crippen molar-refractivity contribution in [2.24, 2.45) is 0 Å². The predicted molar refractivity (Wildman–Crippen MR) is 154 cm³/mol. The lowest BCUT2D eigenvalue weighted by molar-refractivity contribution is 0.0780. The van der Waals surface area contributed by atoms with Crippen LogP contribution in [0.5, 0.6) is 28.7 Å². The fraction of sp³-hybridized carbons (Fsp3) is 0.581. The van der Waals surface area contributed by atoms with Crippen LogP contribution in [0.4, 0.5) is 0 Å². The molecule has 1 aliphatic heterocycles. The highest BCUT2D eigenvalue weighted by molar-refractivity contribution is 5.96. The van der Waals surface area contributed by atoms with Gasteiger partial charge in [-0.15, -0.1) is 0 Å². The van der Waals surface area contributed by atoms with Gasteiger partial charge < -0.3 is 33.5 Å². The zero-order valence-corrected chi connectivity index (χ0v) is 24.8. The van der Waals surface area contributed by atoms with Crippen molar-refractivity contribution in [3.63, 3.8) is 0 Å². The fourth-order valence-corrected chi connectivity index (χ4v) is 5.59. The average Bonchev–Trinajstić information content (AvgIpc) is 3.42. The molecule has 2 aromatic rings. The van der Waals surface area contributed by atoms with Crippen molar-refractivity contribution in [3.8, 4) is 28.7 Å². The summed E-state index contributed by atoms with van der Waals surface area (Å²) in [6, 6.07) is 9.65. The van der Waals surface area contributed by atoms with Crippen LogP contribution >= 0.6 is 0 Å². The first-order valence-corrected chi connectivity index (χ1v) is 13.9. The third-order valence-corrected chi connectivity index (χ3v) is 7.82. The molecule has 0 aliphatic carbocycles. The van der Waals surface area contributed by atoms with Crippen molar-refractivity contribution in [2.75, 3.05) is 68.3 Å².